The Balaban J connectivity index is 1.54. The Morgan fingerprint density at radius 1 is 1.15 bits per heavy atom. The molecule has 0 unspecified atom stereocenters. The molecular weight excluding hydrogens is 558 g/mol. The van der Waals surface area contributed by atoms with Gasteiger partial charge in [-0.15, -0.1) is 0 Å². The van der Waals surface area contributed by atoms with Crippen LogP contribution in [0.2, 0.25) is 0 Å². The summed E-state index contributed by atoms with van der Waals surface area (Å²) in [5, 5.41) is 20.0. The first-order valence-corrected chi connectivity index (χ1v) is 15.4. The van der Waals surface area contributed by atoms with E-state index in [9.17, 15) is 18.3 Å². The average molecular weight is 592 g/mol. The van der Waals surface area contributed by atoms with Crippen LogP contribution in [0.3, 0.4) is 0 Å². The van der Waals surface area contributed by atoms with Gasteiger partial charge in [0.05, 0.1) is 16.8 Å². The van der Waals surface area contributed by atoms with Gasteiger partial charge in [-0.25, -0.2) is 18.4 Å². The molecule has 3 aromatic rings. The van der Waals surface area contributed by atoms with Crippen LogP contribution in [0.1, 0.15) is 31.2 Å². The normalized spacial score (nSPS) is 17.7. The Morgan fingerprint density at radius 3 is 2.65 bits per heavy atom. The van der Waals surface area contributed by atoms with Crippen LogP contribution in [-0.2, 0) is 24.2 Å². The van der Waals surface area contributed by atoms with Crippen molar-refractivity contribution in [2.75, 3.05) is 45.0 Å². The Bertz CT molecular complexity index is 1430. The van der Waals surface area contributed by atoms with Crippen LogP contribution >= 0.6 is 11.3 Å². The molecule has 2 aromatic heterocycles. The molecule has 1 fully saturated rings. The molecule has 0 bridgehead atoms. The molecule has 0 saturated heterocycles. The van der Waals surface area contributed by atoms with Gasteiger partial charge in [0.2, 0.25) is 5.88 Å². The number of hydrogen-bond acceptors (Lipinski definition) is 12. The third-order valence-corrected chi connectivity index (χ3v) is 8.86. The van der Waals surface area contributed by atoms with E-state index >= 15 is 0 Å². The molecule has 0 aliphatic heterocycles. The van der Waals surface area contributed by atoms with Gasteiger partial charge >= 0.3 is 0 Å². The van der Waals surface area contributed by atoms with Gasteiger partial charge in [-0.2, -0.15) is 0 Å². The lowest BCUT2D eigenvalue weighted by Crippen LogP contribution is -2.25. The number of pyridine rings is 1. The molecule has 2 heterocycles. The molecule has 12 nitrogen and oxygen atoms in total. The zero-order chi connectivity index (χ0) is 28.5. The Morgan fingerprint density at radius 2 is 1.95 bits per heavy atom. The Hall–Kier alpha value is -3.17. The highest BCUT2D eigenvalue weighted by Gasteiger charge is 2.26. The van der Waals surface area contributed by atoms with Crippen molar-refractivity contribution in [1.29, 1.82) is 0 Å². The van der Waals surface area contributed by atoms with Gasteiger partial charge in [0, 0.05) is 38.3 Å². The van der Waals surface area contributed by atoms with Gasteiger partial charge in [-0.05, 0) is 44.5 Å². The molecule has 0 spiro atoms. The van der Waals surface area contributed by atoms with Gasteiger partial charge in [0.15, 0.2) is 20.7 Å². The number of nitrogens with zero attached hydrogens (tertiary/aromatic N) is 3. The molecule has 0 radical (unpaired) electrons. The number of fused-ring (bicyclic) bond motifs is 1. The number of sulfone groups is 1. The molecule has 1 aliphatic rings. The number of carbonyl (C=O) groups excluding carboxylic acids is 1. The van der Waals surface area contributed by atoms with Crippen molar-refractivity contribution < 1.29 is 32.6 Å². The van der Waals surface area contributed by atoms with Crippen LogP contribution in [0.4, 0.5) is 5.13 Å². The number of aliphatic hydroxyl groups excluding tert-OH is 1. The second kappa shape index (κ2) is 13.9. The van der Waals surface area contributed by atoms with Crippen LogP contribution < -0.4 is 15.4 Å². The first-order chi connectivity index (χ1) is 19.3. The molecule has 2 atom stereocenters. The van der Waals surface area contributed by atoms with Crippen LogP contribution in [0.15, 0.2) is 46.4 Å². The third-order valence-electron chi connectivity index (χ3n) is 6.17. The van der Waals surface area contributed by atoms with Crippen LogP contribution in [0.25, 0.3) is 10.3 Å². The molecule has 1 saturated carbocycles. The van der Waals surface area contributed by atoms with Crippen molar-refractivity contribution in [3.05, 3.63) is 42.0 Å². The maximum Gasteiger partial charge on any atom is 0.280 e. The Labute approximate surface area is 236 Å². The number of oxime groups is 1. The van der Waals surface area contributed by atoms with Crippen LogP contribution in [0.5, 0.6) is 5.88 Å². The number of thiazole rings is 1. The van der Waals surface area contributed by atoms with Crippen molar-refractivity contribution in [3.8, 4) is 5.88 Å². The second-order valence-corrected chi connectivity index (χ2v) is 12.3. The number of likely N-dealkylation sites (N-methyl/N-ethyl adjacent to an activating group) is 1. The number of aliphatic hydroxyl groups is 1. The molecule has 14 heteroatoms. The van der Waals surface area contributed by atoms with Gasteiger partial charge in [0.25, 0.3) is 5.91 Å². The lowest BCUT2D eigenvalue weighted by molar-refractivity contribution is -0.110. The quantitative estimate of drug-likeness (QED) is 0.144. The van der Waals surface area contributed by atoms with Gasteiger partial charge in [-0.1, -0.05) is 28.6 Å². The predicted molar refractivity (Wildman–Crippen MR) is 152 cm³/mol. The number of amides is 1. The van der Waals surface area contributed by atoms with Gasteiger partial charge < -0.3 is 24.7 Å². The van der Waals surface area contributed by atoms with E-state index in [-0.39, 0.29) is 22.5 Å². The summed E-state index contributed by atoms with van der Waals surface area (Å²) < 4.78 is 35.8. The number of rotatable bonds is 14. The van der Waals surface area contributed by atoms with Crippen molar-refractivity contribution in [2.45, 2.75) is 42.8 Å². The molecule has 1 amide bonds. The minimum absolute atomic E-state index is 0.0481. The standard InChI is InChI=1S/C26H33N5O7S2/c1-27-12-14-37-22-11-10-21-25(29-22)39-26(28-21)30-24(33)23(31-38-19-7-6-18(32)16-19)17-4-8-20(9-5-17)40(34,35)15-3-13-36-2/h4-5,8-11,18-19,27,32H,3,6-7,12-16H2,1-2H3,(H,28,30,33)/t18-,19-/m1/s1. The van der Waals surface area contributed by atoms with Crippen molar-refractivity contribution in [2.24, 2.45) is 5.16 Å². The summed E-state index contributed by atoms with van der Waals surface area (Å²) in [6.45, 7) is 1.48. The molecule has 40 heavy (non-hydrogen) atoms. The van der Waals surface area contributed by atoms with Crippen LogP contribution in [-0.4, -0.2) is 87.0 Å². The van der Waals surface area contributed by atoms with Crippen molar-refractivity contribution in [1.82, 2.24) is 15.3 Å². The van der Waals surface area contributed by atoms with E-state index in [1.807, 2.05) is 7.05 Å². The highest BCUT2D eigenvalue weighted by Crippen LogP contribution is 2.27. The molecular formula is C26H33N5O7S2. The minimum atomic E-state index is -3.51. The fourth-order valence-corrected chi connectivity index (χ4v) is 6.15. The lowest BCUT2D eigenvalue weighted by atomic mass is 10.1. The first-order valence-electron chi connectivity index (χ1n) is 12.9. The van der Waals surface area contributed by atoms with E-state index in [0.29, 0.717) is 72.4 Å². The zero-order valence-corrected chi connectivity index (χ0v) is 24.0. The average Bonchev–Trinajstić information content (AvgIpc) is 3.54. The summed E-state index contributed by atoms with van der Waals surface area (Å²) in [5.41, 5.74) is 0.915. The lowest BCUT2D eigenvalue weighted by Gasteiger charge is -2.11. The minimum Gasteiger partial charge on any atom is -0.476 e. The summed E-state index contributed by atoms with van der Waals surface area (Å²) in [4.78, 5) is 28.6. The second-order valence-electron chi connectivity index (χ2n) is 9.22. The molecule has 4 rings (SSSR count). The maximum atomic E-state index is 13.4. The van der Waals surface area contributed by atoms with Gasteiger partial charge in [-0.3, -0.25) is 10.1 Å². The third kappa shape index (κ3) is 7.95. The number of hydrogen-bond donors (Lipinski definition) is 3. The van der Waals surface area contributed by atoms with Gasteiger partial charge in [0.1, 0.15) is 23.1 Å². The highest BCUT2D eigenvalue weighted by atomic mass is 32.2. The largest absolute Gasteiger partial charge is 0.476 e. The number of ether oxygens (including phenoxy) is 2. The topological polar surface area (TPSA) is 161 Å². The van der Waals surface area contributed by atoms with E-state index in [0.717, 1.165) is 0 Å². The van der Waals surface area contributed by atoms with E-state index in [2.05, 4.69) is 25.8 Å². The summed E-state index contributed by atoms with van der Waals surface area (Å²) in [6, 6.07) is 9.39. The SMILES string of the molecule is CNCCOc1ccc2nc(NC(=O)C(=NO[C@@H]3CC[C@@H](O)C3)c3ccc(S(=O)(=O)CCCOC)cc3)sc2n1. The first kappa shape index (κ1) is 29.8. The summed E-state index contributed by atoms with van der Waals surface area (Å²) in [5.74, 6) is -0.183. The van der Waals surface area contributed by atoms with E-state index in [1.165, 1.54) is 42.7 Å². The monoisotopic (exact) mass is 591 g/mol. The van der Waals surface area contributed by atoms with Crippen LogP contribution in [0, 0.1) is 0 Å². The molecule has 1 aromatic carbocycles. The number of aromatic nitrogens is 2. The number of nitrogens with one attached hydrogen (secondary N) is 2. The van der Waals surface area contributed by atoms with Crippen molar-refractivity contribution in [3.63, 3.8) is 0 Å². The Kier molecular flexibility index (Phi) is 10.4. The molecule has 3 N–H and O–H groups in total. The smallest absolute Gasteiger partial charge is 0.280 e. The predicted octanol–water partition coefficient (Wildman–Crippen LogP) is 2.37. The fraction of sp³-hybridized carbons (Fsp3) is 0.462. The summed E-state index contributed by atoms with van der Waals surface area (Å²) in [6.07, 6.45) is 1.20. The fourth-order valence-electron chi connectivity index (χ4n) is 4.04. The van der Waals surface area contributed by atoms with Crippen molar-refractivity contribution >= 4 is 48.3 Å². The zero-order valence-electron chi connectivity index (χ0n) is 22.3. The van der Waals surface area contributed by atoms with E-state index in [1.54, 1.807) is 12.1 Å². The number of anilines is 1. The van der Waals surface area contributed by atoms with E-state index in [4.69, 9.17) is 14.3 Å². The number of carbonyl (C=O) groups is 1. The van der Waals surface area contributed by atoms with E-state index < -0.39 is 21.8 Å². The maximum absolute atomic E-state index is 13.4. The molecule has 1 aliphatic carbocycles. The molecule has 216 valence electrons. The highest BCUT2D eigenvalue weighted by molar-refractivity contribution is 7.91. The summed E-state index contributed by atoms with van der Waals surface area (Å²) >= 11 is 1.18. The summed E-state index contributed by atoms with van der Waals surface area (Å²) in [7, 11) is -0.159. The number of benzene rings is 1. The number of methoxy groups -OCH3 is 1.